The third-order valence-electron chi connectivity index (χ3n) is 6.87. The summed E-state index contributed by atoms with van der Waals surface area (Å²) in [6.45, 7) is 2.30. The summed E-state index contributed by atoms with van der Waals surface area (Å²) in [4.78, 5) is 15.1. The summed E-state index contributed by atoms with van der Waals surface area (Å²) in [5.74, 6) is 4.54. The van der Waals surface area contributed by atoms with Gasteiger partial charge in [0.15, 0.2) is 0 Å². The smallest absolute Gasteiger partial charge is 0.324 e. The third kappa shape index (κ3) is 27.5. The van der Waals surface area contributed by atoms with Crippen molar-refractivity contribution in [3.8, 4) is 0 Å². The second-order valence-electron chi connectivity index (χ2n) is 10.1. The summed E-state index contributed by atoms with van der Waals surface area (Å²) >= 11 is 0. The van der Waals surface area contributed by atoms with Gasteiger partial charge >= 0.3 is 5.97 Å². The molecule has 0 amide bonds. The molecule has 0 aromatic carbocycles. The van der Waals surface area contributed by atoms with Crippen LogP contribution in [0.1, 0.15) is 180 Å². The molecule has 192 valence electrons. The van der Waals surface area contributed by atoms with Crippen LogP contribution in [0.15, 0.2) is 0 Å². The lowest BCUT2D eigenvalue weighted by Crippen LogP contribution is -2.08. The highest BCUT2D eigenvalue weighted by atomic mass is 16.7. The predicted octanol–water partition coefficient (Wildman–Crippen LogP) is 9.96. The molecule has 0 unspecified atom stereocenters. The van der Waals surface area contributed by atoms with Crippen LogP contribution in [0.3, 0.4) is 0 Å². The highest BCUT2D eigenvalue weighted by molar-refractivity contribution is 5.68. The summed E-state index contributed by atoms with van der Waals surface area (Å²) in [6, 6.07) is 0. The summed E-state index contributed by atoms with van der Waals surface area (Å²) in [5.41, 5.74) is 0. The Labute approximate surface area is 202 Å². The molecule has 0 bridgehead atoms. The minimum Gasteiger partial charge on any atom is -0.373 e. The van der Waals surface area contributed by atoms with Crippen molar-refractivity contribution in [2.45, 2.75) is 180 Å². The van der Waals surface area contributed by atoms with Crippen molar-refractivity contribution >= 4 is 5.97 Å². The van der Waals surface area contributed by atoms with E-state index in [1.807, 2.05) is 0 Å². The van der Waals surface area contributed by atoms with Gasteiger partial charge in [-0.05, 0) is 6.42 Å². The first-order chi connectivity index (χ1) is 15.8. The molecule has 0 aliphatic carbocycles. The molecule has 0 spiro atoms. The van der Waals surface area contributed by atoms with Gasteiger partial charge in [0.2, 0.25) is 0 Å². The van der Waals surface area contributed by atoms with Crippen LogP contribution in [0, 0.1) is 0 Å². The Hall–Kier alpha value is -0.570. The van der Waals surface area contributed by atoms with Crippen LogP contribution in [0.25, 0.3) is 0 Å². The Morgan fingerprint density at radius 2 is 0.656 bits per heavy atom. The third-order valence-corrected chi connectivity index (χ3v) is 6.87. The second kappa shape index (κ2) is 28.5. The predicted molar refractivity (Wildman–Crippen MR) is 141 cm³/mol. The van der Waals surface area contributed by atoms with Gasteiger partial charge in [-0.1, -0.05) is 167 Å². The fourth-order valence-corrected chi connectivity index (χ4v) is 4.64. The fraction of sp³-hybridized carbons (Fsp3) is 0.966. The van der Waals surface area contributed by atoms with Gasteiger partial charge < -0.3 is 4.84 Å². The molecule has 0 aromatic heterocycles. The van der Waals surface area contributed by atoms with Crippen molar-refractivity contribution in [3.05, 3.63) is 0 Å². The first-order valence-electron chi connectivity index (χ1n) is 14.7. The van der Waals surface area contributed by atoms with Crippen molar-refractivity contribution in [2.75, 3.05) is 0 Å². The molecule has 0 saturated heterocycles. The van der Waals surface area contributed by atoms with E-state index in [-0.39, 0.29) is 5.97 Å². The van der Waals surface area contributed by atoms with Gasteiger partial charge in [0.05, 0.1) is 0 Å². The lowest BCUT2D eigenvalue weighted by molar-refractivity contribution is -0.144. The van der Waals surface area contributed by atoms with Crippen LogP contribution in [-0.2, 0) is 9.63 Å². The van der Waals surface area contributed by atoms with E-state index in [1.165, 1.54) is 154 Å². The number of rotatable bonds is 27. The van der Waals surface area contributed by atoms with Crippen LogP contribution in [0.2, 0.25) is 0 Å². The number of carbonyl (C=O) groups excluding carboxylic acids is 1. The second-order valence-corrected chi connectivity index (χ2v) is 10.1. The SMILES string of the molecule is CCCCCCCCCCCCCCCCCCCCCCCCCCCCC(=O)ON. The molecule has 0 heterocycles. The molecule has 0 aliphatic heterocycles. The van der Waals surface area contributed by atoms with Crippen LogP contribution in [0.4, 0.5) is 0 Å². The maximum Gasteiger partial charge on any atom is 0.324 e. The topological polar surface area (TPSA) is 52.3 Å². The average molecular weight is 454 g/mol. The van der Waals surface area contributed by atoms with E-state index < -0.39 is 0 Å². The largest absolute Gasteiger partial charge is 0.373 e. The zero-order valence-electron chi connectivity index (χ0n) is 22.0. The number of hydrogen-bond donors (Lipinski definition) is 1. The van der Waals surface area contributed by atoms with Crippen LogP contribution < -0.4 is 5.90 Å². The molecule has 0 atom stereocenters. The number of nitrogens with two attached hydrogens (primary N) is 1. The molecule has 0 aromatic rings. The van der Waals surface area contributed by atoms with Crippen molar-refractivity contribution in [3.63, 3.8) is 0 Å². The normalized spacial score (nSPS) is 11.2. The van der Waals surface area contributed by atoms with Crippen molar-refractivity contribution in [1.29, 1.82) is 0 Å². The van der Waals surface area contributed by atoms with Gasteiger partial charge in [0.1, 0.15) is 0 Å². The highest BCUT2D eigenvalue weighted by Gasteiger charge is 2.00. The Balaban J connectivity index is 3.02. The van der Waals surface area contributed by atoms with Crippen LogP contribution >= 0.6 is 0 Å². The van der Waals surface area contributed by atoms with E-state index in [0.29, 0.717) is 6.42 Å². The Morgan fingerprint density at radius 3 is 0.875 bits per heavy atom. The van der Waals surface area contributed by atoms with Crippen molar-refractivity contribution in [1.82, 2.24) is 0 Å². The van der Waals surface area contributed by atoms with E-state index in [1.54, 1.807) is 0 Å². The molecular weight excluding hydrogens is 394 g/mol. The van der Waals surface area contributed by atoms with Gasteiger partial charge in [-0.2, -0.15) is 5.90 Å². The quantitative estimate of drug-likeness (QED) is 0.0994. The summed E-state index contributed by atoms with van der Waals surface area (Å²) in [6.07, 6.45) is 36.8. The average Bonchev–Trinajstić information content (AvgIpc) is 2.81. The Morgan fingerprint density at radius 1 is 0.438 bits per heavy atom. The molecule has 0 rings (SSSR count). The lowest BCUT2D eigenvalue weighted by atomic mass is 10.0. The summed E-state index contributed by atoms with van der Waals surface area (Å²) in [7, 11) is 0. The molecule has 0 aliphatic rings. The standard InChI is InChI=1S/C29H59NO2/c1-2-3-4-5-6-7-8-9-10-11-12-13-14-15-16-17-18-19-20-21-22-23-24-25-26-27-28-29(31)32-30/h2-28,30H2,1H3. The highest BCUT2D eigenvalue weighted by Crippen LogP contribution is 2.16. The molecule has 3 nitrogen and oxygen atoms in total. The molecule has 0 radical (unpaired) electrons. The lowest BCUT2D eigenvalue weighted by Gasteiger charge is -2.04. The molecular formula is C29H59NO2. The molecule has 2 N–H and O–H groups in total. The van der Waals surface area contributed by atoms with E-state index in [0.717, 1.165) is 12.8 Å². The van der Waals surface area contributed by atoms with Crippen molar-refractivity contribution < 1.29 is 9.63 Å². The van der Waals surface area contributed by atoms with Crippen molar-refractivity contribution in [2.24, 2.45) is 5.90 Å². The van der Waals surface area contributed by atoms with Gasteiger partial charge in [0.25, 0.3) is 0 Å². The van der Waals surface area contributed by atoms with E-state index >= 15 is 0 Å². The molecule has 32 heavy (non-hydrogen) atoms. The molecule has 3 heteroatoms. The molecule has 0 fully saturated rings. The molecule has 0 saturated carbocycles. The zero-order valence-corrected chi connectivity index (χ0v) is 22.0. The fourth-order valence-electron chi connectivity index (χ4n) is 4.64. The number of unbranched alkanes of at least 4 members (excludes halogenated alkanes) is 25. The Kier molecular flexibility index (Phi) is 28.0. The van der Waals surface area contributed by atoms with E-state index in [2.05, 4.69) is 11.8 Å². The summed E-state index contributed by atoms with van der Waals surface area (Å²) < 4.78 is 0. The van der Waals surface area contributed by atoms with E-state index in [9.17, 15) is 4.79 Å². The maximum absolute atomic E-state index is 10.9. The van der Waals surface area contributed by atoms with E-state index in [4.69, 9.17) is 5.90 Å². The van der Waals surface area contributed by atoms with Gasteiger partial charge in [-0.15, -0.1) is 0 Å². The maximum atomic E-state index is 10.9. The van der Waals surface area contributed by atoms with Gasteiger partial charge in [0, 0.05) is 6.42 Å². The number of hydrogen-bond acceptors (Lipinski definition) is 3. The minimum absolute atomic E-state index is 0.283. The van der Waals surface area contributed by atoms with Gasteiger partial charge in [-0.3, -0.25) is 4.79 Å². The van der Waals surface area contributed by atoms with Gasteiger partial charge in [-0.25, -0.2) is 0 Å². The minimum atomic E-state index is -0.283. The monoisotopic (exact) mass is 453 g/mol. The van der Waals surface area contributed by atoms with Crippen LogP contribution in [0.5, 0.6) is 0 Å². The van der Waals surface area contributed by atoms with Crippen LogP contribution in [-0.4, -0.2) is 5.97 Å². The first-order valence-corrected chi connectivity index (χ1v) is 14.7. The summed E-state index contributed by atoms with van der Waals surface area (Å²) in [5, 5.41) is 0. The Bertz CT molecular complexity index is 359. The zero-order chi connectivity index (χ0) is 23.4. The number of carbonyl (C=O) groups is 1. The first kappa shape index (κ1) is 31.4.